The van der Waals surface area contributed by atoms with Crippen LogP contribution in [0.15, 0.2) is 118 Å². The van der Waals surface area contributed by atoms with Crippen molar-refractivity contribution in [3.63, 3.8) is 0 Å². The molecule has 0 spiro atoms. The molecule has 0 atom stereocenters. The average Bonchev–Trinajstić information content (AvgIpc) is 4.10. The zero-order valence-corrected chi connectivity index (χ0v) is 42.9. The standard InChI is InChI=1S/C27H26OS2.C15H12Br2.C12H14OS2/c1-16-5-8-20-21-9-7-18(14-23(21)27(3,4)22(20)13-16)26-19(11-12-28)15-25(30-26)24-10-6-17(2)29-24;1-15(2)13-7-9(16)3-5-11(13)12-6-4-10(17)8-14(12)15;1-8-3-4-11(14-8)12-7-10(5-6-13)9(2)15-12/h5-10,13-15,28H,11-12H2,1-4H3;3-8H,1-2H3;3-4,7,13H,5-6H2,1-2H3. The van der Waals surface area contributed by atoms with Gasteiger partial charge in [-0.3, -0.25) is 0 Å². The lowest BCUT2D eigenvalue weighted by molar-refractivity contribution is 0.299. The molecule has 0 fully saturated rings. The summed E-state index contributed by atoms with van der Waals surface area (Å²) in [5, 5.41) is 18.6. The zero-order valence-electron chi connectivity index (χ0n) is 36.5. The number of fused-ring (bicyclic) bond motifs is 6. The summed E-state index contributed by atoms with van der Waals surface area (Å²) in [4.78, 5) is 10.6. The van der Waals surface area contributed by atoms with E-state index in [9.17, 15) is 5.11 Å². The molecule has 4 aromatic carbocycles. The molecule has 2 nitrogen and oxygen atoms in total. The smallest absolute Gasteiger partial charge is 0.0471 e. The second-order valence-electron chi connectivity index (χ2n) is 17.4. The third-order valence-corrected chi connectivity index (χ3v) is 18.0. The fraction of sp³-hybridized carbons (Fsp3) is 0.259. The van der Waals surface area contributed by atoms with Crippen molar-refractivity contribution in [3.05, 3.63) is 172 Å². The number of halogens is 2. The minimum atomic E-state index is -0.00517. The largest absolute Gasteiger partial charge is 0.396 e. The Balaban J connectivity index is 0.000000140. The van der Waals surface area contributed by atoms with Crippen LogP contribution < -0.4 is 0 Å². The van der Waals surface area contributed by atoms with Gasteiger partial charge in [0.05, 0.1) is 0 Å². The molecule has 0 bridgehead atoms. The lowest BCUT2D eigenvalue weighted by atomic mass is 9.81. The van der Waals surface area contributed by atoms with Crippen LogP contribution in [-0.2, 0) is 23.7 Å². The number of hydrogen-bond donors (Lipinski definition) is 2. The third kappa shape index (κ3) is 8.84. The topological polar surface area (TPSA) is 40.5 Å². The van der Waals surface area contributed by atoms with E-state index >= 15 is 0 Å². The van der Waals surface area contributed by atoms with Crippen molar-refractivity contribution in [2.45, 2.75) is 79.1 Å². The van der Waals surface area contributed by atoms with Gasteiger partial charge in [-0.1, -0.05) is 108 Å². The lowest BCUT2D eigenvalue weighted by Gasteiger charge is -2.22. The van der Waals surface area contributed by atoms with E-state index in [4.69, 9.17) is 5.11 Å². The van der Waals surface area contributed by atoms with Gasteiger partial charge in [-0.05, 0) is 168 Å². The molecule has 2 N–H and O–H groups in total. The fourth-order valence-electron chi connectivity index (χ4n) is 8.92. The van der Waals surface area contributed by atoms with Crippen LogP contribution in [0.4, 0.5) is 0 Å². The molecule has 8 aromatic rings. The molecule has 62 heavy (non-hydrogen) atoms. The molecule has 0 saturated carbocycles. The zero-order chi connectivity index (χ0) is 44.1. The molecule has 0 aliphatic heterocycles. The van der Waals surface area contributed by atoms with Crippen LogP contribution in [0.1, 0.15) is 81.3 Å². The summed E-state index contributed by atoms with van der Waals surface area (Å²) in [6.07, 6.45) is 1.46. The molecule has 2 aliphatic rings. The minimum Gasteiger partial charge on any atom is -0.396 e. The van der Waals surface area contributed by atoms with E-state index < -0.39 is 0 Å². The Hall–Kier alpha value is -3.44. The van der Waals surface area contributed by atoms with E-state index in [0.29, 0.717) is 6.42 Å². The number of rotatable bonds is 7. The number of aryl methyl sites for hydroxylation is 4. The van der Waals surface area contributed by atoms with Gasteiger partial charge < -0.3 is 10.2 Å². The summed E-state index contributed by atoms with van der Waals surface area (Å²) >= 11 is 14.5. The Morgan fingerprint density at radius 2 is 0.903 bits per heavy atom. The summed E-state index contributed by atoms with van der Waals surface area (Å²) in [6.45, 7) is 18.2. The van der Waals surface area contributed by atoms with Crippen molar-refractivity contribution >= 4 is 77.2 Å². The van der Waals surface area contributed by atoms with Crippen LogP contribution in [0.3, 0.4) is 0 Å². The van der Waals surface area contributed by atoms with Gasteiger partial charge in [0.2, 0.25) is 0 Å². The van der Waals surface area contributed by atoms with E-state index in [2.05, 4.69) is 196 Å². The first-order valence-corrected chi connectivity index (χ1v) is 25.9. The number of hydrogen-bond acceptors (Lipinski definition) is 6. The Bertz CT molecular complexity index is 2870. The minimum absolute atomic E-state index is 0.00517. The Labute approximate surface area is 400 Å². The number of benzene rings is 4. The van der Waals surface area contributed by atoms with E-state index in [1.807, 2.05) is 45.3 Å². The van der Waals surface area contributed by atoms with Crippen LogP contribution in [0.2, 0.25) is 0 Å². The van der Waals surface area contributed by atoms with Gasteiger partial charge >= 0.3 is 0 Å². The number of aliphatic hydroxyl groups excluding tert-OH is 2. The van der Waals surface area contributed by atoms with Crippen molar-refractivity contribution in [3.8, 4) is 52.2 Å². The first-order valence-electron chi connectivity index (χ1n) is 21.0. The summed E-state index contributed by atoms with van der Waals surface area (Å²) in [5.41, 5.74) is 16.2. The molecule has 4 aromatic heterocycles. The highest BCUT2D eigenvalue weighted by atomic mass is 79.9. The SMILES string of the molecule is CC1(C)c2cc(Br)ccc2-c2ccc(Br)cc21.Cc1ccc(-c2cc(CCO)c(C)s2)s1.Cc1ccc2c(c1)C(C)(C)c1cc(-c3sc(-c4ccc(C)s4)cc3CCO)ccc1-2. The maximum atomic E-state index is 9.66. The first-order chi connectivity index (χ1) is 29.6. The van der Waals surface area contributed by atoms with Crippen LogP contribution in [0.5, 0.6) is 0 Å². The van der Waals surface area contributed by atoms with Gasteiger partial charge in [0.25, 0.3) is 0 Å². The van der Waals surface area contributed by atoms with Gasteiger partial charge in [-0.15, -0.1) is 45.3 Å². The maximum Gasteiger partial charge on any atom is 0.0471 e. The molecule has 4 heterocycles. The second-order valence-corrected chi connectivity index (χ2v) is 24.1. The average molecular weight is 1020 g/mol. The van der Waals surface area contributed by atoms with Crippen molar-refractivity contribution in [1.82, 2.24) is 0 Å². The van der Waals surface area contributed by atoms with E-state index in [1.165, 1.54) is 106 Å². The van der Waals surface area contributed by atoms with Gasteiger partial charge in [-0.2, -0.15) is 0 Å². The van der Waals surface area contributed by atoms with Gasteiger partial charge in [0, 0.05) is 72.0 Å². The molecular formula is C54H52Br2O2S4. The summed E-state index contributed by atoms with van der Waals surface area (Å²) in [7, 11) is 0. The fourth-order valence-corrected chi connectivity index (χ4v) is 13.8. The molecule has 2 aliphatic carbocycles. The molecule has 0 unspecified atom stereocenters. The van der Waals surface area contributed by atoms with Crippen molar-refractivity contribution in [1.29, 1.82) is 0 Å². The normalized spacial score (nSPS) is 13.7. The predicted octanol–water partition coefficient (Wildman–Crippen LogP) is 16.7. The summed E-state index contributed by atoms with van der Waals surface area (Å²) in [5.74, 6) is 0. The third-order valence-electron chi connectivity index (χ3n) is 12.3. The van der Waals surface area contributed by atoms with Crippen molar-refractivity contribution in [2.75, 3.05) is 13.2 Å². The second kappa shape index (κ2) is 18.2. The molecule has 10 rings (SSSR count). The highest BCUT2D eigenvalue weighted by molar-refractivity contribution is 9.10. The molecular weight excluding hydrogens is 969 g/mol. The summed E-state index contributed by atoms with van der Waals surface area (Å²) < 4.78 is 2.30. The van der Waals surface area contributed by atoms with E-state index in [-0.39, 0.29) is 24.0 Å². The molecule has 0 saturated heterocycles. The van der Waals surface area contributed by atoms with E-state index in [1.54, 1.807) is 0 Å². The van der Waals surface area contributed by atoms with E-state index in [0.717, 1.165) is 15.4 Å². The van der Waals surface area contributed by atoms with Crippen molar-refractivity contribution < 1.29 is 10.2 Å². The summed E-state index contributed by atoms with van der Waals surface area (Å²) in [6, 6.07) is 40.1. The quantitative estimate of drug-likeness (QED) is 0.167. The Morgan fingerprint density at radius 1 is 0.452 bits per heavy atom. The molecule has 0 radical (unpaired) electrons. The van der Waals surface area contributed by atoms with Gasteiger partial charge in [0.15, 0.2) is 0 Å². The predicted molar refractivity (Wildman–Crippen MR) is 278 cm³/mol. The Morgan fingerprint density at radius 3 is 1.42 bits per heavy atom. The highest BCUT2D eigenvalue weighted by Gasteiger charge is 2.37. The van der Waals surface area contributed by atoms with Crippen LogP contribution in [0, 0.1) is 27.7 Å². The highest BCUT2D eigenvalue weighted by Crippen LogP contribution is 2.52. The van der Waals surface area contributed by atoms with Crippen LogP contribution >= 0.6 is 77.2 Å². The maximum absolute atomic E-state index is 9.66. The van der Waals surface area contributed by atoms with Gasteiger partial charge in [-0.25, -0.2) is 0 Å². The molecule has 318 valence electrons. The number of thiophene rings is 4. The van der Waals surface area contributed by atoms with Crippen molar-refractivity contribution in [2.24, 2.45) is 0 Å². The first kappa shape index (κ1) is 45.1. The molecule has 8 heteroatoms. The lowest BCUT2D eigenvalue weighted by Crippen LogP contribution is -2.15. The number of aliphatic hydroxyl groups is 2. The monoisotopic (exact) mass is 1020 g/mol. The van der Waals surface area contributed by atoms with Crippen LogP contribution in [0.25, 0.3) is 52.2 Å². The molecule has 0 amide bonds. The van der Waals surface area contributed by atoms with Crippen LogP contribution in [-0.4, -0.2) is 23.4 Å². The Kier molecular flexibility index (Phi) is 13.3. The van der Waals surface area contributed by atoms with Gasteiger partial charge in [0.1, 0.15) is 0 Å².